The molecule has 1 aliphatic rings. The fourth-order valence-electron chi connectivity index (χ4n) is 2.98. The summed E-state index contributed by atoms with van der Waals surface area (Å²) in [5.41, 5.74) is 0. The van der Waals surface area contributed by atoms with E-state index in [0.717, 1.165) is 0 Å². The van der Waals surface area contributed by atoms with Crippen molar-refractivity contribution in [3.63, 3.8) is 0 Å². The van der Waals surface area contributed by atoms with E-state index in [1.165, 1.54) is 0 Å². The molecule has 0 saturated heterocycles. The summed E-state index contributed by atoms with van der Waals surface area (Å²) in [6.07, 6.45) is -0.602. The zero-order chi connectivity index (χ0) is 16.8. The van der Waals surface area contributed by atoms with Gasteiger partial charge in [-0.25, -0.2) is 0 Å². The first kappa shape index (κ1) is 17.8. The Labute approximate surface area is 140 Å². The Kier molecular flexibility index (Phi) is 6.45. The van der Waals surface area contributed by atoms with E-state index in [9.17, 15) is 20.1 Å². The monoisotopic (exact) mass is 340 g/mol. The first-order valence-corrected chi connectivity index (χ1v) is 7.97. The van der Waals surface area contributed by atoms with Crippen molar-refractivity contribution < 1.29 is 24.9 Å². The number of halogens is 1. The zero-order valence-corrected chi connectivity index (χ0v) is 13.4. The van der Waals surface area contributed by atoms with Gasteiger partial charge in [0.05, 0.1) is 23.8 Å². The van der Waals surface area contributed by atoms with Crippen molar-refractivity contribution in [2.75, 3.05) is 6.61 Å². The molecule has 126 valence electrons. The number of hydrogen-bond donors (Lipinski definition) is 3. The minimum absolute atomic E-state index is 0.0671. The summed E-state index contributed by atoms with van der Waals surface area (Å²) >= 11 is 6.12. The summed E-state index contributed by atoms with van der Waals surface area (Å²) in [7, 11) is 0. The fourth-order valence-corrected chi connectivity index (χ4v) is 3.18. The van der Waals surface area contributed by atoms with Gasteiger partial charge in [-0.3, -0.25) is 0 Å². The predicted octanol–water partition coefficient (Wildman–Crippen LogP) is 2.41. The van der Waals surface area contributed by atoms with Crippen LogP contribution in [0.1, 0.15) is 19.3 Å². The van der Waals surface area contributed by atoms with E-state index in [-0.39, 0.29) is 36.7 Å². The first-order chi connectivity index (χ1) is 11.0. The molecule has 3 N–H and O–H groups in total. The molecule has 1 aliphatic carbocycles. The van der Waals surface area contributed by atoms with Gasteiger partial charge in [-0.05, 0) is 12.1 Å². The largest absolute Gasteiger partial charge is 0.511 e. The number of rotatable bonds is 7. The molecule has 5 nitrogen and oxygen atoms in total. The van der Waals surface area contributed by atoms with Crippen molar-refractivity contribution >= 4 is 17.9 Å². The summed E-state index contributed by atoms with van der Waals surface area (Å²) in [6.45, 7) is 0.274. The number of aliphatic hydroxyl groups is 3. The summed E-state index contributed by atoms with van der Waals surface area (Å²) in [6, 6.07) is 9.21. The molecule has 6 heteroatoms. The van der Waals surface area contributed by atoms with Gasteiger partial charge in [0.25, 0.3) is 0 Å². The minimum atomic E-state index is -0.918. The standard InChI is InChI=1S/C17H21ClO5/c18-13(7-9-23-11-4-2-1-3-5-11)17(22)16-12(6-8-19)14(20)10-15(16)21/h1-5,8,12,14-16,20-22H,6-7,9-10H2/t12-,14-,15-,16+/m0/s1. The maximum atomic E-state index is 10.7. The van der Waals surface area contributed by atoms with Crippen LogP contribution in [-0.2, 0) is 4.79 Å². The highest BCUT2D eigenvalue weighted by molar-refractivity contribution is 6.29. The molecule has 1 aromatic rings. The van der Waals surface area contributed by atoms with Gasteiger partial charge < -0.3 is 24.9 Å². The smallest absolute Gasteiger partial charge is 0.120 e. The molecule has 4 atom stereocenters. The maximum Gasteiger partial charge on any atom is 0.120 e. The van der Waals surface area contributed by atoms with Crippen LogP contribution in [0.3, 0.4) is 0 Å². The molecular weight excluding hydrogens is 320 g/mol. The lowest BCUT2D eigenvalue weighted by molar-refractivity contribution is -0.109. The number of carbonyl (C=O) groups is 1. The van der Waals surface area contributed by atoms with E-state index in [1.54, 1.807) is 0 Å². The average Bonchev–Trinajstić information content (AvgIpc) is 2.82. The molecule has 23 heavy (non-hydrogen) atoms. The molecule has 0 aliphatic heterocycles. The number of aldehydes is 1. The van der Waals surface area contributed by atoms with Gasteiger partial charge in [-0.2, -0.15) is 0 Å². The van der Waals surface area contributed by atoms with Gasteiger partial charge in [0.2, 0.25) is 0 Å². The van der Waals surface area contributed by atoms with Crippen LogP contribution in [0.25, 0.3) is 0 Å². The van der Waals surface area contributed by atoms with Crippen LogP contribution in [0.15, 0.2) is 41.1 Å². The van der Waals surface area contributed by atoms with Crippen molar-refractivity contribution in [1.82, 2.24) is 0 Å². The molecule has 0 aromatic heterocycles. The van der Waals surface area contributed by atoms with E-state index in [1.807, 2.05) is 30.3 Å². The van der Waals surface area contributed by atoms with Crippen LogP contribution in [0.4, 0.5) is 0 Å². The van der Waals surface area contributed by atoms with Gasteiger partial charge in [-0.1, -0.05) is 29.8 Å². The Morgan fingerprint density at radius 3 is 2.61 bits per heavy atom. The van der Waals surface area contributed by atoms with Crippen molar-refractivity contribution in [3.8, 4) is 5.75 Å². The molecule has 1 saturated carbocycles. The average molecular weight is 341 g/mol. The van der Waals surface area contributed by atoms with E-state index >= 15 is 0 Å². The van der Waals surface area contributed by atoms with Gasteiger partial charge >= 0.3 is 0 Å². The lowest BCUT2D eigenvalue weighted by atomic mass is 9.89. The Hall–Kier alpha value is -1.56. The topological polar surface area (TPSA) is 87.0 Å². The number of aliphatic hydroxyl groups excluding tert-OH is 3. The fraction of sp³-hybridized carbons (Fsp3) is 0.471. The summed E-state index contributed by atoms with van der Waals surface area (Å²) in [5.74, 6) is -0.712. The number of benzene rings is 1. The highest BCUT2D eigenvalue weighted by atomic mass is 35.5. The maximum absolute atomic E-state index is 10.7. The second-order valence-corrected chi connectivity index (χ2v) is 6.12. The number of hydrogen-bond acceptors (Lipinski definition) is 5. The summed E-state index contributed by atoms with van der Waals surface area (Å²) in [4.78, 5) is 10.7. The van der Waals surface area contributed by atoms with Crippen molar-refractivity contribution in [1.29, 1.82) is 0 Å². The molecule has 0 heterocycles. The van der Waals surface area contributed by atoms with Crippen LogP contribution in [0.2, 0.25) is 0 Å². The highest BCUT2D eigenvalue weighted by Crippen LogP contribution is 2.40. The van der Waals surface area contributed by atoms with Crippen LogP contribution < -0.4 is 4.74 Å². The molecule has 0 amide bonds. The quantitative estimate of drug-likeness (QED) is 0.524. The Balaban J connectivity index is 1.99. The van der Waals surface area contributed by atoms with Gasteiger partial charge in [0, 0.05) is 31.1 Å². The Bertz CT molecular complexity index is 545. The van der Waals surface area contributed by atoms with Gasteiger partial charge in [0.1, 0.15) is 17.8 Å². The number of carbonyl (C=O) groups excluding carboxylic acids is 1. The van der Waals surface area contributed by atoms with Gasteiger partial charge in [-0.15, -0.1) is 0 Å². The predicted molar refractivity (Wildman–Crippen MR) is 86.4 cm³/mol. The number of para-hydroxylation sites is 1. The van der Waals surface area contributed by atoms with Crippen LogP contribution in [0, 0.1) is 11.8 Å². The molecule has 0 bridgehead atoms. The second-order valence-electron chi connectivity index (χ2n) is 5.66. The zero-order valence-electron chi connectivity index (χ0n) is 12.6. The molecule has 0 unspecified atom stereocenters. The molecule has 0 radical (unpaired) electrons. The van der Waals surface area contributed by atoms with Crippen LogP contribution >= 0.6 is 11.6 Å². The van der Waals surface area contributed by atoms with Crippen LogP contribution in [0.5, 0.6) is 5.75 Å². The van der Waals surface area contributed by atoms with Crippen molar-refractivity contribution in [3.05, 3.63) is 41.1 Å². The summed E-state index contributed by atoms with van der Waals surface area (Å²) < 4.78 is 5.51. The highest BCUT2D eigenvalue weighted by Gasteiger charge is 2.44. The first-order valence-electron chi connectivity index (χ1n) is 7.59. The molecule has 0 spiro atoms. The lowest BCUT2D eigenvalue weighted by Crippen LogP contribution is -2.25. The molecular formula is C17H21ClO5. The van der Waals surface area contributed by atoms with Crippen molar-refractivity contribution in [2.45, 2.75) is 31.5 Å². The summed E-state index contributed by atoms with van der Waals surface area (Å²) in [5, 5.41) is 30.4. The third-order valence-corrected chi connectivity index (χ3v) is 4.53. The SMILES string of the molecule is O=CC[C@@H]1[C@@H](C(O)=C(Cl)CCOc2ccccc2)[C@@H](O)C[C@@H]1O. The molecule has 1 fully saturated rings. The third kappa shape index (κ3) is 4.47. The lowest BCUT2D eigenvalue weighted by Gasteiger charge is -2.22. The third-order valence-electron chi connectivity index (χ3n) is 4.15. The van der Waals surface area contributed by atoms with Crippen LogP contribution in [-0.4, -0.2) is 40.4 Å². The minimum Gasteiger partial charge on any atom is -0.511 e. The van der Waals surface area contributed by atoms with E-state index in [0.29, 0.717) is 12.0 Å². The molecule has 2 rings (SSSR count). The van der Waals surface area contributed by atoms with E-state index < -0.39 is 24.0 Å². The van der Waals surface area contributed by atoms with E-state index in [4.69, 9.17) is 16.3 Å². The second kappa shape index (κ2) is 8.34. The Morgan fingerprint density at radius 2 is 1.96 bits per heavy atom. The Morgan fingerprint density at radius 1 is 1.26 bits per heavy atom. The van der Waals surface area contributed by atoms with Gasteiger partial charge in [0.15, 0.2) is 0 Å². The van der Waals surface area contributed by atoms with Crippen molar-refractivity contribution in [2.24, 2.45) is 11.8 Å². The van der Waals surface area contributed by atoms with E-state index in [2.05, 4.69) is 0 Å². The number of ether oxygens (including phenoxy) is 1. The molecule has 1 aromatic carbocycles. The normalized spacial score (nSPS) is 28.3.